The first-order valence-corrected chi connectivity index (χ1v) is 9.64. The molecule has 0 aromatic heterocycles. The Balaban J connectivity index is 2.43. The van der Waals surface area contributed by atoms with Crippen LogP contribution in [-0.4, -0.2) is 32.3 Å². The lowest BCUT2D eigenvalue weighted by Gasteiger charge is -2.21. The summed E-state index contributed by atoms with van der Waals surface area (Å²) in [7, 11) is 0.957. The van der Waals surface area contributed by atoms with E-state index in [0.717, 1.165) is 31.7 Å². The lowest BCUT2D eigenvalue weighted by Crippen LogP contribution is -2.32. The smallest absolute Gasteiger partial charge is 0.264 e. The highest BCUT2D eigenvalue weighted by Gasteiger charge is 2.26. The minimum absolute atomic E-state index is 0.273. The van der Waals surface area contributed by atoms with Crippen LogP contribution in [0.3, 0.4) is 0 Å². The van der Waals surface area contributed by atoms with Gasteiger partial charge in [-0.2, -0.15) is 0 Å². The first-order valence-electron chi connectivity index (χ1n) is 6.53. The quantitative estimate of drug-likeness (QED) is 0.716. The third-order valence-corrected chi connectivity index (χ3v) is 5.17. The van der Waals surface area contributed by atoms with Crippen LogP contribution in [0.5, 0.6) is 0 Å². The van der Waals surface area contributed by atoms with Crippen molar-refractivity contribution in [3.8, 4) is 0 Å². The Morgan fingerprint density at radius 1 is 1.19 bits per heavy atom. The maximum atomic E-state index is 14.3. The number of hydrogen-bond donors (Lipinski definition) is 0. The summed E-state index contributed by atoms with van der Waals surface area (Å²) in [5.41, 5.74) is -0.273. The second kappa shape index (κ2) is 6.62. The molecule has 1 aromatic carbocycles. The summed E-state index contributed by atoms with van der Waals surface area (Å²) in [4.78, 5) is 13.3. The van der Waals surface area contributed by atoms with Crippen LogP contribution < -0.4 is 0 Å². The summed E-state index contributed by atoms with van der Waals surface area (Å²) in [5, 5.41) is 0. The predicted molar refractivity (Wildman–Crippen MR) is 81.5 cm³/mol. The molecule has 1 saturated heterocycles. The third kappa shape index (κ3) is 3.96. The lowest BCUT2D eigenvalue weighted by molar-refractivity contribution is 0.0756. The van der Waals surface area contributed by atoms with E-state index >= 15 is 0 Å². The Hall–Kier alpha value is -0.660. The van der Waals surface area contributed by atoms with E-state index in [1.807, 2.05) is 0 Å². The summed E-state index contributed by atoms with van der Waals surface area (Å²) in [6.07, 6.45) is 3.79. The van der Waals surface area contributed by atoms with Crippen molar-refractivity contribution in [1.82, 2.24) is 4.90 Å². The molecule has 1 aliphatic heterocycles. The van der Waals surface area contributed by atoms with Crippen LogP contribution in [0.1, 0.15) is 36.0 Å². The second-order valence-electron chi connectivity index (χ2n) is 4.91. The third-order valence-electron chi connectivity index (χ3n) is 3.39. The van der Waals surface area contributed by atoms with Gasteiger partial charge in [-0.25, -0.2) is 12.8 Å². The molecule has 4 nitrogen and oxygen atoms in total. The van der Waals surface area contributed by atoms with Crippen LogP contribution in [0.25, 0.3) is 0 Å². The summed E-state index contributed by atoms with van der Waals surface area (Å²) in [5.74, 6) is -1.60. The van der Waals surface area contributed by atoms with E-state index < -0.39 is 25.7 Å². The van der Waals surface area contributed by atoms with Gasteiger partial charge in [-0.15, -0.1) is 0 Å². The molecular weight excluding hydrogens is 385 g/mol. The average Bonchev–Trinajstić information content (AvgIpc) is 2.68. The molecule has 0 saturated carbocycles. The number of carbonyl (C=O) groups is 1. The van der Waals surface area contributed by atoms with Crippen LogP contribution in [0.4, 0.5) is 4.39 Å². The van der Waals surface area contributed by atoms with E-state index in [-0.39, 0.29) is 5.56 Å². The normalized spacial score (nSPS) is 16.6. The summed E-state index contributed by atoms with van der Waals surface area (Å²) in [6.45, 7) is 1.10. The van der Waals surface area contributed by atoms with E-state index in [4.69, 9.17) is 10.7 Å². The number of rotatable bonds is 2. The highest BCUT2D eigenvalue weighted by atomic mass is 79.9. The van der Waals surface area contributed by atoms with Gasteiger partial charge >= 0.3 is 0 Å². The first kappa shape index (κ1) is 16.7. The lowest BCUT2D eigenvalue weighted by atomic mass is 10.1. The van der Waals surface area contributed by atoms with Crippen molar-refractivity contribution in [2.75, 3.05) is 13.1 Å². The van der Waals surface area contributed by atoms with Crippen molar-refractivity contribution < 1.29 is 17.6 Å². The molecule has 116 valence electrons. The molecule has 0 radical (unpaired) electrons. The molecule has 0 bridgehead atoms. The molecule has 2 rings (SSSR count). The Morgan fingerprint density at radius 3 is 2.29 bits per heavy atom. The number of carbonyl (C=O) groups excluding carboxylic acids is 1. The number of benzene rings is 1. The van der Waals surface area contributed by atoms with Gasteiger partial charge in [0.2, 0.25) is 0 Å². The zero-order valence-corrected chi connectivity index (χ0v) is 14.3. The Bertz CT molecular complexity index is 658. The zero-order chi connectivity index (χ0) is 15.6. The molecule has 1 aromatic rings. The molecule has 1 heterocycles. The van der Waals surface area contributed by atoms with Crippen molar-refractivity contribution in [2.24, 2.45) is 0 Å². The minimum atomic E-state index is -4.25. The first-order chi connectivity index (χ1) is 9.80. The molecule has 0 unspecified atom stereocenters. The van der Waals surface area contributed by atoms with Crippen molar-refractivity contribution >= 4 is 41.6 Å². The molecule has 0 spiro atoms. The van der Waals surface area contributed by atoms with Gasteiger partial charge in [0.1, 0.15) is 4.90 Å². The standard InChI is InChI=1S/C13H14BrClFNO3S/c14-9-7-10(12(16)11(8-9)21(15,19)20)13(18)17-5-3-1-2-4-6-17/h7-8H,1-6H2. The molecular formula is C13H14BrClFNO3S. The van der Waals surface area contributed by atoms with Gasteiger partial charge in [0.05, 0.1) is 5.56 Å². The Morgan fingerprint density at radius 2 is 1.76 bits per heavy atom. The van der Waals surface area contributed by atoms with Gasteiger partial charge in [-0.3, -0.25) is 4.79 Å². The van der Waals surface area contributed by atoms with Crippen molar-refractivity contribution in [2.45, 2.75) is 30.6 Å². The molecule has 0 N–H and O–H groups in total. The maximum Gasteiger partial charge on any atom is 0.264 e. The number of amides is 1. The van der Waals surface area contributed by atoms with Gasteiger partial charge in [0, 0.05) is 28.2 Å². The molecule has 0 aliphatic carbocycles. The fourth-order valence-electron chi connectivity index (χ4n) is 2.34. The Labute approximate surface area is 135 Å². The molecule has 8 heteroatoms. The van der Waals surface area contributed by atoms with E-state index in [9.17, 15) is 17.6 Å². The van der Waals surface area contributed by atoms with Gasteiger partial charge in [0.25, 0.3) is 15.0 Å². The van der Waals surface area contributed by atoms with Crippen LogP contribution in [0.15, 0.2) is 21.5 Å². The number of halogens is 3. The zero-order valence-electron chi connectivity index (χ0n) is 11.1. The molecule has 1 amide bonds. The van der Waals surface area contributed by atoms with Crippen LogP contribution in [0, 0.1) is 5.82 Å². The maximum absolute atomic E-state index is 14.3. The van der Waals surface area contributed by atoms with Crippen LogP contribution >= 0.6 is 26.6 Å². The van der Waals surface area contributed by atoms with Gasteiger partial charge in [-0.1, -0.05) is 28.8 Å². The largest absolute Gasteiger partial charge is 0.339 e. The van der Waals surface area contributed by atoms with Crippen LogP contribution in [0.2, 0.25) is 0 Å². The van der Waals surface area contributed by atoms with Gasteiger partial charge in [0.15, 0.2) is 5.82 Å². The van der Waals surface area contributed by atoms with Crippen molar-refractivity contribution in [3.05, 3.63) is 28.0 Å². The number of nitrogens with zero attached hydrogens (tertiary/aromatic N) is 1. The monoisotopic (exact) mass is 397 g/mol. The van der Waals surface area contributed by atoms with E-state index in [0.29, 0.717) is 17.6 Å². The fraction of sp³-hybridized carbons (Fsp3) is 0.462. The highest BCUT2D eigenvalue weighted by molar-refractivity contribution is 9.10. The van der Waals surface area contributed by atoms with E-state index in [1.54, 1.807) is 4.90 Å². The van der Waals surface area contributed by atoms with Gasteiger partial charge in [-0.05, 0) is 25.0 Å². The topological polar surface area (TPSA) is 54.5 Å². The molecule has 1 aliphatic rings. The molecule has 21 heavy (non-hydrogen) atoms. The number of hydrogen-bond acceptors (Lipinski definition) is 3. The molecule has 0 atom stereocenters. The second-order valence-corrected chi connectivity index (χ2v) is 8.36. The van der Waals surface area contributed by atoms with Crippen LogP contribution in [-0.2, 0) is 9.05 Å². The summed E-state index contributed by atoms with van der Waals surface area (Å²) in [6, 6.07) is 2.34. The number of likely N-dealkylation sites (tertiary alicyclic amines) is 1. The fourth-order valence-corrected chi connectivity index (χ4v) is 3.88. The highest BCUT2D eigenvalue weighted by Crippen LogP contribution is 2.27. The molecule has 1 fully saturated rings. The van der Waals surface area contributed by atoms with E-state index in [1.165, 1.54) is 6.07 Å². The average molecular weight is 399 g/mol. The Kier molecular flexibility index (Phi) is 5.27. The van der Waals surface area contributed by atoms with Gasteiger partial charge < -0.3 is 4.90 Å². The van der Waals surface area contributed by atoms with Crippen molar-refractivity contribution in [1.29, 1.82) is 0 Å². The van der Waals surface area contributed by atoms with Crippen molar-refractivity contribution in [3.63, 3.8) is 0 Å². The van der Waals surface area contributed by atoms with E-state index in [2.05, 4.69) is 15.9 Å². The summed E-state index contributed by atoms with van der Waals surface area (Å²) < 4.78 is 37.4. The SMILES string of the molecule is O=C(c1cc(Br)cc(S(=O)(=O)Cl)c1F)N1CCCCCC1. The predicted octanol–water partition coefficient (Wildman–Crippen LogP) is 3.53. The summed E-state index contributed by atoms with van der Waals surface area (Å²) >= 11 is 3.09. The minimum Gasteiger partial charge on any atom is -0.339 e.